The Morgan fingerprint density at radius 2 is 1.81 bits per heavy atom. The first-order valence-corrected chi connectivity index (χ1v) is 8.36. The number of aryl methyl sites for hydroxylation is 1. The van der Waals surface area contributed by atoms with E-state index >= 15 is 0 Å². The number of nitrogens with one attached hydrogen (secondary N) is 1. The number of nitrogens with zero attached hydrogens (tertiary/aromatic N) is 1. The van der Waals surface area contributed by atoms with Gasteiger partial charge in [0, 0.05) is 25.1 Å². The molecule has 0 atom stereocenters. The van der Waals surface area contributed by atoms with Crippen molar-refractivity contribution in [3.05, 3.63) is 64.7 Å². The number of rotatable bonds is 6. The predicted octanol–water partition coefficient (Wildman–Crippen LogP) is 2.31. The first kappa shape index (κ1) is 17.7. The topological polar surface area (TPSA) is 75.7 Å². The van der Waals surface area contributed by atoms with Crippen molar-refractivity contribution in [2.75, 3.05) is 13.7 Å². The Hall–Kier alpha value is -3.15. The summed E-state index contributed by atoms with van der Waals surface area (Å²) in [6.07, 6.45) is 0.0552. The minimum absolute atomic E-state index is 0.0552. The van der Waals surface area contributed by atoms with E-state index < -0.39 is 0 Å². The Bertz CT molecular complexity index is 876. The second-order valence-corrected chi connectivity index (χ2v) is 6.15. The summed E-state index contributed by atoms with van der Waals surface area (Å²) in [5, 5.41) is 2.79. The molecule has 1 N–H and O–H groups in total. The van der Waals surface area contributed by atoms with Gasteiger partial charge in [-0.2, -0.15) is 0 Å². The lowest BCUT2D eigenvalue weighted by molar-refractivity contribution is -0.121. The minimum atomic E-state index is -0.345. The second-order valence-electron chi connectivity index (χ2n) is 6.15. The van der Waals surface area contributed by atoms with Crippen LogP contribution < -0.4 is 10.1 Å². The third-order valence-electron chi connectivity index (χ3n) is 4.36. The third kappa shape index (κ3) is 3.44. The summed E-state index contributed by atoms with van der Waals surface area (Å²) in [5.74, 6) is -0.221. The fourth-order valence-corrected chi connectivity index (χ4v) is 2.95. The smallest absolute Gasteiger partial charge is 0.261 e. The number of benzene rings is 2. The number of fused-ring (bicyclic) bond motifs is 1. The zero-order chi connectivity index (χ0) is 18.7. The van der Waals surface area contributed by atoms with Gasteiger partial charge in [-0.3, -0.25) is 19.3 Å². The van der Waals surface area contributed by atoms with E-state index in [9.17, 15) is 14.4 Å². The van der Waals surface area contributed by atoms with Gasteiger partial charge in [-0.1, -0.05) is 29.8 Å². The number of hydrogen-bond acceptors (Lipinski definition) is 4. The summed E-state index contributed by atoms with van der Waals surface area (Å²) in [6, 6.07) is 12.6. The lowest BCUT2D eigenvalue weighted by atomic mass is 10.1. The molecule has 0 fully saturated rings. The van der Waals surface area contributed by atoms with Crippen molar-refractivity contribution < 1.29 is 19.1 Å². The van der Waals surface area contributed by atoms with Crippen molar-refractivity contribution in [3.63, 3.8) is 0 Å². The molecule has 1 aliphatic rings. The highest BCUT2D eigenvalue weighted by molar-refractivity contribution is 6.21. The Kier molecular flexibility index (Phi) is 5.02. The molecule has 0 saturated carbocycles. The largest absolute Gasteiger partial charge is 0.496 e. The van der Waals surface area contributed by atoms with Crippen LogP contribution in [0.2, 0.25) is 0 Å². The van der Waals surface area contributed by atoms with E-state index in [1.807, 2.05) is 31.2 Å². The van der Waals surface area contributed by atoms with Gasteiger partial charge in [0.1, 0.15) is 5.75 Å². The fraction of sp³-hybridized carbons (Fsp3) is 0.250. The molecule has 3 rings (SSSR count). The molecule has 2 aromatic rings. The van der Waals surface area contributed by atoms with Crippen molar-refractivity contribution in [1.82, 2.24) is 10.2 Å². The van der Waals surface area contributed by atoms with Crippen LogP contribution in [0.5, 0.6) is 5.75 Å². The third-order valence-corrected chi connectivity index (χ3v) is 4.36. The van der Waals surface area contributed by atoms with E-state index in [4.69, 9.17) is 4.74 Å². The van der Waals surface area contributed by atoms with Crippen LogP contribution in [0.25, 0.3) is 0 Å². The number of imide groups is 1. The highest BCUT2D eigenvalue weighted by Gasteiger charge is 2.35. The van der Waals surface area contributed by atoms with Crippen LogP contribution in [0.15, 0.2) is 42.5 Å². The molecule has 1 heterocycles. The Labute approximate surface area is 151 Å². The molecular formula is C20H20N2O4. The van der Waals surface area contributed by atoms with Gasteiger partial charge in [0.15, 0.2) is 0 Å². The second kappa shape index (κ2) is 7.39. The molecule has 0 spiro atoms. The van der Waals surface area contributed by atoms with Crippen molar-refractivity contribution >= 4 is 17.7 Å². The molecule has 0 saturated heterocycles. The molecule has 6 nitrogen and oxygen atoms in total. The monoisotopic (exact) mass is 352 g/mol. The minimum Gasteiger partial charge on any atom is -0.496 e. The van der Waals surface area contributed by atoms with Crippen LogP contribution in [0.3, 0.4) is 0 Å². The molecule has 3 amide bonds. The lowest BCUT2D eigenvalue weighted by Crippen LogP contribution is -2.34. The maximum atomic E-state index is 12.4. The highest BCUT2D eigenvalue weighted by Crippen LogP contribution is 2.24. The number of carbonyl (C=O) groups excluding carboxylic acids is 3. The number of ether oxygens (including phenoxy) is 1. The Morgan fingerprint density at radius 3 is 2.58 bits per heavy atom. The van der Waals surface area contributed by atoms with E-state index in [1.165, 1.54) is 0 Å². The average molecular weight is 352 g/mol. The molecular weight excluding hydrogens is 332 g/mol. The molecule has 0 radical (unpaired) electrons. The van der Waals surface area contributed by atoms with Gasteiger partial charge in [0.25, 0.3) is 11.8 Å². The first-order valence-electron chi connectivity index (χ1n) is 8.36. The van der Waals surface area contributed by atoms with Crippen molar-refractivity contribution in [1.29, 1.82) is 0 Å². The van der Waals surface area contributed by atoms with Crippen LogP contribution >= 0.6 is 0 Å². The lowest BCUT2D eigenvalue weighted by Gasteiger charge is -2.14. The average Bonchev–Trinajstić information content (AvgIpc) is 2.88. The van der Waals surface area contributed by atoms with Crippen molar-refractivity contribution in [2.24, 2.45) is 0 Å². The zero-order valence-corrected chi connectivity index (χ0v) is 14.7. The SMILES string of the molecule is COc1ccccc1CNC(=O)CCN1C(=O)c2ccc(C)cc2C1=O. The summed E-state index contributed by atoms with van der Waals surface area (Å²) in [6.45, 7) is 2.25. The Balaban J connectivity index is 1.57. The Morgan fingerprint density at radius 1 is 1.08 bits per heavy atom. The van der Waals surface area contributed by atoms with Crippen LogP contribution in [0, 0.1) is 6.92 Å². The maximum Gasteiger partial charge on any atom is 0.261 e. The summed E-state index contributed by atoms with van der Waals surface area (Å²) < 4.78 is 5.24. The molecule has 0 aliphatic carbocycles. The van der Waals surface area contributed by atoms with E-state index in [2.05, 4.69) is 5.32 Å². The van der Waals surface area contributed by atoms with Gasteiger partial charge >= 0.3 is 0 Å². The number of para-hydroxylation sites is 1. The predicted molar refractivity (Wildman–Crippen MR) is 96.0 cm³/mol. The number of amides is 3. The molecule has 26 heavy (non-hydrogen) atoms. The highest BCUT2D eigenvalue weighted by atomic mass is 16.5. The van der Waals surface area contributed by atoms with Crippen molar-refractivity contribution in [2.45, 2.75) is 19.9 Å². The van der Waals surface area contributed by atoms with Crippen molar-refractivity contribution in [3.8, 4) is 5.75 Å². The summed E-state index contributed by atoms with van der Waals surface area (Å²) >= 11 is 0. The van der Waals surface area contributed by atoms with Gasteiger partial charge < -0.3 is 10.1 Å². The van der Waals surface area contributed by atoms with Gasteiger partial charge in [0.2, 0.25) is 5.91 Å². The molecule has 0 unspecified atom stereocenters. The van der Waals surface area contributed by atoms with Crippen LogP contribution in [0.4, 0.5) is 0 Å². The molecule has 134 valence electrons. The number of methoxy groups -OCH3 is 1. The quantitative estimate of drug-likeness (QED) is 0.810. The maximum absolute atomic E-state index is 12.4. The van der Waals surface area contributed by atoms with Gasteiger partial charge in [-0.25, -0.2) is 0 Å². The van der Waals surface area contributed by atoms with E-state index in [0.29, 0.717) is 23.4 Å². The molecule has 0 aromatic heterocycles. The van der Waals surface area contributed by atoms with E-state index in [-0.39, 0.29) is 30.7 Å². The van der Waals surface area contributed by atoms with Crippen LogP contribution in [0.1, 0.15) is 38.3 Å². The summed E-state index contributed by atoms with van der Waals surface area (Å²) in [7, 11) is 1.57. The van der Waals surface area contributed by atoms with E-state index in [0.717, 1.165) is 16.0 Å². The summed E-state index contributed by atoms with van der Waals surface area (Å²) in [5.41, 5.74) is 2.58. The standard InChI is InChI=1S/C20H20N2O4/c1-13-7-8-15-16(11-13)20(25)22(19(15)24)10-9-18(23)21-12-14-5-3-4-6-17(14)26-2/h3-8,11H,9-10,12H2,1-2H3,(H,21,23). The van der Waals surface area contributed by atoms with Gasteiger partial charge in [-0.05, 0) is 25.1 Å². The van der Waals surface area contributed by atoms with Gasteiger partial charge in [0.05, 0.1) is 18.2 Å². The van der Waals surface area contributed by atoms with E-state index in [1.54, 1.807) is 25.3 Å². The normalized spacial score (nSPS) is 12.9. The van der Waals surface area contributed by atoms with Crippen LogP contribution in [-0.4, -0.2) is 36.3 Å². The first-order chi connectivity index (χ1) is 12.5. The summed E-state index contributed by atoms with van der Waals surface area (Å²) in [4.78, 5) is 38.0. The molecule has 1 aliphatic heterocycles. The number of carbonyl (C=O) groups is 3. The fourth-order valence-electron chi connectivity index (χ4n) is 2.95. The molecule has 6 heteroatoms. The van der Waals surface area contributed by atoms with Crippen LogP contribution in [-0.2, 0) is 11.3 Å². The molecule has 0 bridgehead atoms. The van der Waals surface area contributed by atoms with Gasteiger partial charge in [-0.15, -0.1) is 0 Å². The molecule has 2 aromatic carbocycles. The number of hydrogen-bond donors (Lipinski definition) is 1. The zero-order valence-electron chi connectivity index (χ0n) is 14.7.